The van der Waals surface area contributed by atoms with Gasteiger partial charge in [-0.2, -0.15) is 4.31 Å². The molecule has 1 aliphatic rings. The summed E-state index contributed by atoms with van der Waals surface area (Å²) in [5, 5.41) is 2.09. The van der Waals surface area contributed by atoms with Crippen molar-refractivity contribution in [2.24, 2.45) is 4.99 Å². The second-order valence-electron chi connectivity index (χ2n) is 8.53. The highest BCUT2D eigenvalue weighted by Crippen LogP contribution is 2.30. The number of nitrogens with zero attached hydrogens (tertiary/aromatic N) is 5. The summed E-state index contributed by atoms with van der Waals surface area (Å²) in [5.41, 5.74) is 2.72. The number of imidazole rings is 1. The zero-order chi connectivity index (χ0) is 25.7. The van der Waals surface area contributed by atoms with Gasteiger partial charge in [0.25, 0.3) is 0 Å². The minimum absolute atomic E-state index is 0.266. The van der Waals surface area contributed by atoms with E-state index in [1.54, 1.807) is 48.9 Å². The Bertz CT molecular complexity index is 1490. The van der Waals surface area contributed by atoms with Crippen LogP contribution in [0.25, 0.3) is 11.3 Å². The van der Waals surface area contributed by atoms with Gasteiger partial charge in [0.15, 0.2) is 4.80 Å². The lowest BCUT2D eigenvalue weighted by atomic mass is 10.1. The molecular weight excluding hydrogens is 510 g/mol. The molecule has 0 bridgehead atoms. The number of aryl methyl sites for hydroxylation is 1. The smallest absolute Gasteiger partial charge is 0.243 e. The van der Waals surface area contributed by atoms with Gasteiger partial charge >= 0.3 is 0 Å². The molecule has 37 heavy (non-hydrogen) atoms. The topological polar surface area (TPSA) is 91.0 Å². The quantitative estimate of drug-likeness (QED) is 0.323. The number of morpholine rings is 1. The average Bonchev–Trinajstić information content (AvgIpc) is 3.60. The molecule has 1 aliphatic heterocycles. The number of benzene rings is 2. The zero-order valence-corrected chi connectivity index (χ0v) is 22.2. The lowest BCUT2D eigenvalue weighted by molar-refractivity contribution is 0.0730. The van der Waals surface area contributed by atoms with Gasteiger partial charge in [-0.1, -0.05) is 12.1 Å². The summed E-state index contributed by atoms with van der Waals surface area (Å²) in [6.45, 7) is 3.16. The highest BCUT2D eigenvalue weighted by atomic mass is 32.2. The van der Waals surface area contributed by atoms with Crippen molar-refractivity contribution in [1.29, 1.82) is 0 Å². The molecule has 2 aromatic carbocycles. The lowest BCUT2D eigenvalue weighted by Crippen LogP contribution is -2.40. The fourth-order valence-corrected chi connectivity index (χ4v) is 6.63. The minimum atomic E-state index is -3.55. The van der Waals surface area contributed by atoms with Crippen molar-refractivity contribution in [2.75, 3.05) is 33.4 Å². The summed E-state index contributed by atoms with van der Waals surface area (Å²) in [6.07, 6.45) is 6.44. The summed E-state index contributed by atoms with van der Waals surface area (Å²) in [6, 6.07) is 14.7. The molecule has 0 unspecified atom stereocenters. The van der Waals surface area contributed by atoms with E-state index >= 15 is 0 Å². The maximum Gasteiger partial charge on any atom is 0.243 e. The van der Waals surface area contributed by atoms with Gasteiger partial charge in [0.1, 0.15) is 5.75 Å². The van der Waals surface area contributed by atoms with Crippen LogP contribution in [-0.4, -0.2) is 60.3 Å². The summed E-state index contributed by atoms with van der Waals surface area (Å²) >= 11 is 1.55. The van der Waals surface area contributed by atoms with Crippen molar-refractivity contribution >= 4 is 27.0 Å². The SMILES string of the molecule is COc1ccccc1-c1csc(=Nc2ccc(S(=O)(=O)N3CCOCC3)cc2)n1CCCn1ccnc1. The molecule has 0 radical (unpaired) electrons. The standard InChI is InChI=1S/C26H29N5O4S2/c1-34-25-6-3-2-5-23(25)24-19-36-26(31(24)13-4-12-29-14-11-27-20-29)28-21-7-9-22(10-8-21)37(32,33)30-15-17-35-18-16-30/h2-3,5-11,14,19-20H,4,12-13,15-18H2,1H3. The third kappa shape index (κ3) is 5.69. The molecule has 5 rings (SSSR count). The van der Waals surface area contributed by atoms with E-state index in [-0.39, 0.29) is 4.90 Å². The van der Waals surface area contributed by atoms with E-state index in [2.05, 4.69) is 19.5 Å². The van der Waals surface area contributed by atoms with E-state index < -0.39 is 10.0 Å². The van der Waals surface area contributed by atoms with E-state index in [1.165, 1.54) is 4.31 Å². The molecule has 0 amide bonds. The van der Waals surface area contributed by atoms with Crippen LogP contribution in [0.15, 0.2) is 82.5 Å². The Balaban J connectivity index is 1.46. The van der Waals surface area contributed by atoms with Crippen LogP contribution in [-0.2, 0) is 27.8 Å². The summed E-state index contributed by atoms with van der Waals surface area (Å²) in [7, 11) is -1.87. The van der Waals surface area contributed by atoms with Crippen molar-refractivity contribution in [2.45, 2.75) is 24.4 Å². The minimum Gasteiger partial charge on any atom is -0.496 e. The van der Waals surface area contributed by atoms with Gasteiger partial charge in [0.05, 0.1) is 42.9 Å². The van der Waals surface area contributed by atoms with E-state index in [9.17, 15) is 8.42 Å². The van der Waals surface area contributed by atoms with Crippen molar-refractivity contribution in [3.05, 3.63) is 77.4 Å². The zero-order valence-electron chi connectivity index (χ0n) is 20.6. The molecule has 1 fully saturated rings. The number of hydrogen-bond acceptors (Lipinski definition) is 7. The Hall–Kier alpha value is -3.25. The van der Waals surface area contributed by atoms with Gasteiger partial charge in [-0.25, -0.2) is 18.4 Å². The predicted octanol–water partition coefficient (Wildman–Crippen LogP) is 3.77. The number of hydrogen-bond donors (Lipinski definition) is 0. The van der Waals surface area contributed by atoms with E-state index in [0.29, 0.717) is 32.0 Å². The van der Waals surface area contributed by atoms with Gasteiger partial charge in [-0.3, -0.25) is 0 Å². The van der Waals surface area contributed by atoms with Gasteiger partial charge in [0, 0.05) is 49.5 Å². The van der Waals surface area contributed by atoms with Crippen molar-refractivity contribution < 1.29 is 17.9 Å². The average molecular weight is 540 g/mol. The Labute approximate surface area is 220 Å². The number of rotatable bonds is 9. The molecule has 11 heteroatoms. The number of sulfonamides is 1. The van der Waals surface area contributed by atoms with Crippen molar-refractivity contribution in [3.63, 3.8) is 0 Å². The van der Waals surface area contributed by atoms with Gasteiger partial charge in [-0.15, -0.1) is 11.3 Å². The third-order valence-corrected chi connectivity index (χ3v) is 8.98. The number of ether oxygens (including phenoxy) is 2. The molecule has 0 saturated carbocycles. The van der Waals surface area contributed by atoms with Crippen LogP contribution in [0.4, 0.5) is 5.69 Å². The summed E-state index contributed by atoms with van der Waals surface area (Å²) in [4.78, 5) is 10.1. The van der Waals surface area contributed by atoms with E-state index in [0.717, 1.165) is 41.3 Å². The monoisotopic (exact) mass is 539 g/mol. The molecule has 4 aromatic rings. The van der Waals surface area contributed by atoms with Gasteiger partial charge < -0.3 is 18.6 Å². The highest BCUT2D eigenvalue weighted by molar-refractivity contribution is 7.89. The predicted molar refractivity (Wildman–Crippen MR) is 142 cm³/mol. The Kier molecular flexibility index (Phi) is 7.85. The van der Waals surface area contributed by atoms with Gasteiger partial charge in [0.2, 0.25) is 10.0 Å². The maximum atomic E-state index is 13.0. The first-order valence-electron chi connectivity index (χ1n) is 12.1. The Morgan fingerprint density at radius 3 is 2.59 bits per heavy atom. The van der Waals surface area contributed by atoms with E-state index in [1.807, 2.05) is 36.8 Å². The second kappa shape index (κ2) is 11.4. The molecule has 3 heterocycles. The second-order valence-corrected chi connectivity index (χ2v) is 11.3. The number of aromatic nitrogens is 3. The summed E-state index contributed by atoms with van der Waals surface area (Å²) in [5.74, 6) is 0.799. The number of thiazole rings is 1. The Morgan fingerprint density at radius 1 is 1.08 bits per heavy atom. The molecule has 0 aliphatic carbocycles. The fourth-order valence-electron chi connectivity index (χ4n) is 4.28. The van der Waals surface area contributed by atoms with Crippen molar-refractivity contribution in [1.82, 2.24) is 18.4 Å². The number of para-hydroxylation sites is 1. The molecular formula is C26H29N5O4S2. The van der Waals surface area contributed by atoms with Crippen LogP contribution in [0.5, 0.6) is 5.75 Å². The van der Waals surface area contributed by atoms with Crippen LogP contribution < -0.4 is 9.54 Å². The van der Waals surface area contributed by atoms with Gasteiger partial charge in [-0.05, 0) is 42.8 Å². The normalized spacial score (nSPS) is 15.2. The molecule has 0 N–H and O–H groups in total. The lowest BCUT2D eigenvalue weighted by Gasteiger charge is -2.26. The third-order valence-electron chi connectivity index (χ3n) is 6.21. The largest absolute Gasteiger partial charge is 0.496 e. The van der Waals surface area contributed by atoms with Crippen LogP contribution in [0.3, 0.4) is 0 Å². The highest BCUT2D eigenvalue weighted by Gasteiger charge is 2.26. The number of methoxy groups -OCH3 is 1. The van der Waals surface area contributed by atoms with Crippen LogP contribution in [0, 0.1) is 0 Å². The first-order valence-corrected chi connectivity index (χ1v) is 14.4. The fraction of sp³-hybridized carbons (Fsp3) is 0.308. The Morgan fingerprint density at radius 2 is 1.86 bits per heavy atom. The molecule has 9 nitrogen and oxygen atoms in total. The first kappa shape index (κ1) is 25.4. The van der Waals surface area contributed by atoms with Crippen LogP contribution >= 0.6 is 11.3 Å². The van der Waals surface area contributed by atoms with E-state index in [4.69, 9.17) is 14.5 Å². The van der Waals surface area contributed by atoms with Crippen LogP contribution in [0.1, 0.15) is 6.42 Å². The first-order chi connectivity index (χ1) is 18.1. The summed E-state index contributed by atoms with van der Waals surface area (Å²) < 4.78 is 42.6. The molecule has 1 saturated heterocycles. The van der Waals surface area contributed by atoms with Crippen LogP contribution in [0.2, 0.25) is 0 Å². The molecule has 2 aromatic heterocycles. The maximum absolute atomic E-state index is 13.0. The molecule has 0 spiro atoms. The molecule has 194 valence electrons. The van der Waals surface area contributed by atoms with Crippen molar-refractivity contribution in [3.8, 4) is 17.0 Å². The molecule has 0 atom stereocenters.